The minimum Gasteiger partial charge on any atom is -0.507 e. The molecular formula is C27H20ClFN2O3. The largest absolute Gasteiger partial charge is 0.507 e. The third-order valence-electron chi connectivity index (χ3n) is 6.15. The van der Waals surface area contributed by atoms with Gasteiger partial charge in [-0.3, -0.25) is 9.59 Å². The third-order valence-corrected chi connectivity index (χ3v) is 6.50. The summed E-state index contributed by atoms with van der Waals surface area (Å²) < 4.78 is 13.4. The van der Waals surface area contributed by atoms with E-state index in [-0.39, 0.29) is 23.4 Å². The lowest BCUT2D eigenvalue weighted by atomic mass is 9.95. The van der Waals surface area contributed by atoms with Crippen molar-refractivity contribution in [3.8, 4) is 0 Å². The lowest BCUT2D eigenvalue weighted by Gasteiger charge is -2.26. The number of benzene rings is 3. The molecule has 2 N–H and O–H groups in total. The van der Waals surface area contributed by atoms with Gasteiger partial charge in [0.15, 0.2) is 0 Å². The van der Waals surface area contributed by atoms with Gasteiger partial charge >= 0.3 is 0 Å². The van der Waals surface area contributed by atoms with Crippen molar-refractivity contribution in [2.45, 2.75) is 12.5 Å². The van der Waals surface area contributed by atoms with E-state index >= 15 is 0 Å². The van der Waals surface area contributed by atoms with Crippen LogP contribution >= 0.6 is 11.6 Å². The number of carbonyl (C=O) groups excluding carboxylic acids is 2. The van der Waals surface area contributed by atoms with E-state index in [0.29, 0.717) is 17.0 Å². The second-order valence-corrected chi connectivity index (χ2v) is 8.54. The van der Waals surface area contributed by atoms with Crippen molar-refractivity contribution in [1.29, 1.82) is 0 Å². The molecule has 0 unspecified atom stereocenters. The normalized spacial score (nSPS) is 17.6. The molecule has 0 aliphatic carbocycles. The van der Waals surface area contributed by atoms with Crippen LogP contribution in [0.1, 0.15) is 22.7 Å². The van der Waals surface area contributed by atoms with Crippen LogP contribution < -0.4 is 0 Å². The number of halogens is 2. The number of carbonyl (C=O) groups is 2. The van der Waals surface area contributed by atoms with Crippen LogP contribution in [0.4, 0.5) is 4.39 Å². The fourth-order valence-corrected chi connectivity index (χ4v) is 4.71. The molecule has 1 fully saturated rings. The van der Waals surface area contributed by atoms with Crippen molar-refractivity contribution in [3.05, 3.63) is 112 Å². The van der Waals surface area contributed by atoms with Crippen molar-refractivity contribution in [2.75, 3.05) is 6.54 Å². The first-order valence-corrected chi connectivity index (χ1v) is 11.2. The molecule has 1 aliphatic rings. The second kappa shape index (κ2) is 8.80. The fourth-order valence-electron chi connectivity index (χ4n) is 4.47. The zero-order chi connectivity index (χ0) is 23.8. The summed E-state index contributed by atoms with van der Waals surface area (Å²) in [6.07, 6.45) is 2.39. The number of para-hydroxylation sites is 1. The number of nitrogens with one attached hydrogen (secondary N) is 1. The van der Waals surface area contributed by atoms with Crippen LogP contribution in [0.15, 0.2) is 84.6 Å². The molecule has 1 amide bonds. The minimum absolute atomic E-state index is 0.0661. The average molecular weight is 475 g/mol. The number of fused-ring (bicyclic) bond motifs is 1. The highest BCUT2D eigenvalue weighted by Gasteiger charge is 2.46. The molecule has 0 spiro atoms. The number of aliphatic hydroxyl groups excluding tert-OH is 1. The zero-order valence-corrected chi connectivity index (χ0v) is 18.7. The van der Waals surface area contributed by atoms with Crippen LogP contribution in [0.2, 0.25) is 5.02 Å². The van der Waals surface area contributed by atoms with Gasteiger partial charge in [0.05, 0.1) is 11.6 Å². The van der Waals surface area contributed by atoms with E-state index in [2.05, 4.69) is 4.98 Å². The third kappa shape index (κ3) is 3.76. The number of H-pyrrole nitrogens is 1. The molecule has 1 aliphatic heterocycles. The summed E-state index contributed by atoms with van der Waals surface area (Å²) >= 11 is 6.47. The maximum absolute atomic E-state index is 13.4. The number of ketones is 1. The van der Waals surface area contributed by atoms with E-state index < -0.39 is 23.5 Å². The van der Waals surface area contributed by atoms with Crippen LogP contribution in [0, 0.1) is 5.82 Å². The summed E-state index contributed by atoms with van der Waals surface area (Å²) in [6.45, 7) is 0.239. The number of nitrogens with zero attached hydrogens (tertiary/aromatic N) is 1. The van der Waals surface area contributed by atoms with E-state index in [1.54, 1.807) is 24.3 Å². The van der Waals surface area contributed by atoms with E-state index in [1.807, 2.05) is 30.5 Å². The monoisotopic (exact) mass is 474 g/mol. The summed E-state index contributed by atoms with van der Waals surface area (Å²) in [4.78, 5) is 30.9. The minimum atomic E-state index is -0.871. The Morgan fingerprint density at radius 2 is 1.71 bits per heavy atom. The van der Waals surface area contributed by atoms with Crippen LogP contribution in [-0.2, 0) is 16.0 Å². The van der Waals surface area contributed by atoms with Crippen LogP contribution in [-0.4, -0.2) is 33.2 Å². The van der Waals surface area contributed by atoms with Gasteiger partial charge in [-0.1, -0.05) is 48.0 Å². The molecule has 7 heteroatoms. The number of aromatic amines is 1. The second-order valence-electron chi connectivity index (χ2n) is 8.13. The Hall–Kier alpha value is -3.90. The predicted molar refractivity (Wildman–Crippen MR) is 129 cm³/mol. The molecule has 3 aromatic carbocycles. The van der Waals surface area contributed by atoms with Crippen LogP contribution in [0.5, 0.6) is 0 Å². The Kier molecular flexibility index (Phi) is 5.67. The van der Waals surface area contributed by atoms with Gasteiger partial charge in [-0.25, -0.2) is 4.39 Å². The van der Waals surface area contributed by atoms with E-state index in [1.165, 1.54) is 29.2 Å². The Morgan fingerprint density at radius 1 is 1.00 bits per heavy atom. The first-order valence-electron chi connectivity index (χ1n) is 10.8. The molecule has 0 saturated carbocycles. The van der Waals surface area contributed by atoms with E-state index in [0.717, 1.165) is 16.5 Å². The van der Waals surface area contributed by atoms with Gasteiger partial charge < -0.3 is 15.0 Å². The number of aliphatic hydroxyl groups is 1. The van der Waals surface area contributed by atoms with Gasteiger partial charge in [0.2, 0.25) is 0 Å². The maximum atomic E-state index is 13.4. The molecule has 2 heterocycles. The first kappa shape index (κ1) is 21.9. The summed E-state index contributed by atoms with van der Waals surface area (Å²) in [5.41, 5.74) is 2.70. The molecule has 0 bridgehead atoms. The molecule has 1 atom stereocenters. The van der Waals surface area contributed by atoms with Gasteiger partial charge in [0.25, 0.3) is 11.7 Å². The summed E-state index contributed by atoms with van der Waals surface area (Å²) in [7, 11) is 0. The number of likely N-dealkylation sites (tertiary alicyclic amines) is 1. The topological polar surface area (TPSA) is 73.4 Å². The smallest absolute Gasteiger partial charge is 0.295 e. The van der Waals surface area contributed by atoms with Gasteiger partial charge in [-0.2, -0.15) is 0 Å². The number of rotatable bonds is 5. The quantitative estimate of drug-likeness (QED) is 0.224. The Morgan fingerprint density at radius 3 is 2.47 bits per heavy atom. The van der Waals surface area contributed by atoms with Crippen molar-refractivity contribution >= 4 is 40.0 Å². The zero-order valence-electron chi connectivity index (χ0n) is 18.0. The van der Waals surface area contributed by atoms with Gasteiger partial charge in [-0.05, 0) is 53.9 Å². The summed E-state index contributed by atoms with van der Waals surface area (Å²) in [5.74, 6) is -2.35. The Balaban J connectivity index is 1.58. The molecule has 170 valence electrons. The van der Waals surface area contributed by atoms with E-state index in [9.17, 15) is 19.1 Å². The first-order chi connectivity index (χ1) is 16.5. The van der Waals surface area contributed by atoms with Crippen LogP contribution in [0.3, 0.4) is 0 Å². The maximum Gasteiger partial charge on any atom is 0.295 e. The van der Waals surface area contributed by atoms with Crippen molar-refractivity contribution in [2.24, 2.45) is 0 Å². The highest BCUT2D eigenvalue weighted by molar-refractivity contribution is 6.47. The number of amides is 1. The van der Waals surface area contributed by atoms with Crippen molar-refractivity contribution < 1.29 is 19.1 Å². The van der Waals surface area contributed by atoms with Gasteiger partial charge in [-0.15, -0.1) is 0 Å². The molecule has 5 nitrogen and oxygen atoms in total. The van der Waals surface area contributed by atoms with Crippen molar-refractivity contribution in [1.82, 2.24) is 9.88 Å². The summed E-state index contributed by atoms with van der Waals surface area (Å²) in [5, 5.41) is 12.5. The number of hydrogen-bond donors (Lipinski definition) is 2. The van der Waals surface area contributed by atoms with E-state index in [4.69, 9.17) is 11.6 Å². The standard InChI is InChI=1S/C27H20ClFN2O3/c28-21-7-3-1-6-20(21)24-23(25(32)16-9-11-18(29)12-10-16)26(33)27(34)31(24)14-13-17-15-30-22-8-4-2-5-19(17)22/h1-12,15,24,30,32H,13-14H2/t24-/m0/s1. The Labute approximate surface area is 200 Å². The molecule has 5 rings (SSSR count). The number of aromatic nitrogens is 1. The molecule has 4 aromatic rings. The van der Waals surface area contributed by atoms with Gasteiger partial charge in [0, 0.05) is 34.2 Å². The predicted octanol–water partition coefficient (Wildman–Crippen LogP) is 5.62. The molecule has 0 radical (unpaired) electrons. The molecular weight excluding hydrogens is 455 g/mol. The van der Waals surface area contributed by atoms with Crippen molar-refractivity contribution in [3.63, 3.8) is 0 Å². The molecule has 1 saturated heterocycles. The molecule has 34 heavy (non-hydrogen) atoms. The fraction of sp³-hybridized carbons (Fsp3) is 0.111. The SMILES string of the molecule is O=C1C(=O)N(CCc2c[nH]c3ccccc23)[C@@H](c2ccccc2Cl)C1=C(O)c1ccc(F)cc1. The number of Topliss-reactive ketones (excluding diaryl/α,β-unsaturated/α-hetero) is 1. The Bertz CT molecular complexity index is 1440. The highest BCUT2D eigenvalue weighted by atomic mass is 35.5. The summed E-state index contributed by atoms with van der Waals surface area (Å²) in [6, 6.07) is 19.0. The molecule has 1 aromatic heterocycles. The lowest BCUT2D eigenvalue weighted by Crippen LogP contribution is -2.31. The lowest BCUT2D eigenvalue weighted by molar-refractivity contribution is -0.139. The van der Waals surface area contributed by atoms with Gasteiger partial charge in [0.1, 0.15) is 11.6 Å². The average Bonchev–Trinajstić information content (AvgIpc) is 3.37. The van der Waals surface area contributed by atoms with Crippen LogP contribution in [0.25, 0.3) is 16.7 Å². The highest BCUT2D eigenvalue weighted by Crippen LogP contribution is 2.42. The number of hydrogen-bond acceptors (Lipinski definition) is 3.